The number of hydrogen-bond donors (Lipinski definition) is 3. The van der Waals surface area contributed by atoms with Crippen LogP contribution in [0.3, 0.4) is 0 Å². The van der Waals surface area contributed by atoms with Crippen molar-refractivity contribution in [3.63, 3.8) is 0 Å². The molecule has 0 aliphatic heterocycles. The number of rotatable bonds is 5. The van der Waals surface area contributed by atoms with Gasteiger partial charge in [0, 0.05) is 26.9 Å². The first kappa shape index (κ1) is 15.2. The third kappa shape index (κ3) is 3.22. The van der Waals surface area contributed by atoms with Crippen LogP contribution in [-0.2, 0) is 6.61 Å². The van der Waals surface area contributed by atoms with E-state index in [1.807, 2.05) is 48.7 Å². The molecule has 0 spiro atoms. The minimum absolute atomic E-state index is 0.504. The lowest BCUT2D eigenvalue weighted by atomic mass is 9.88. The molecule has 0 fully saturated rings. The molecule has 3 N–H and O–H groups in total. The minimum atomic E-state index is -0.619. The molecule has 0 radical (unpaired) electrons. The van der Waals surface area contributed by atoms with Crippen LogP contribution < -0.4 is 9.96 Å². The second-order valence-electron chi connectivity index (χ2n) is 5.10. The molecule has 3 aromatic rings. The molecule has 2 aromatic carbocycles. The number of aromatic nitrogens is 1. The summed E-state index contributed by atoms with van der Waals surface area (Å²) in [6.07, 6.45) is 1.90. The minimum Gasteiger partial charge on any atom is -0.487 e. The van der Waals surface area contributed by atoms with E-state index in [0.717, 1.165) is 31.5 Å². The van der Waals surface area contributed by atoms with Gasteiger partial charge in [-0.1, -0.05) is 30.3 Å². The highest BCUT2D eigenvalue weighted by molar-refractivity contribution is 14.1. The van der Waals surface area contributed by atoms with Gasteiger partial charge >= 0.3 is 7.05 Å². The number of fused-ring (bicyclic) bond motifs is 1. The number of H-pyrrole nitrogens is 1. The van der Waals surface area contributed by atoms with Gasteiger partial charge in [-0.05, 0) is 41.0 Å². The highest BCUT2D eigenvalue weighted by atomic mass is 127. The Labute approximate surface area is 143 Å². The quantitative estimate of drug-likeness (QED) is 0.446. The van der Waals surface area contributed by atoms with Gasteiger partial charge in [-0.2, -0.15) is 0 Å². The molecule has 4 nitrogen and oxygen atoms in total. The number of nitrogens with one attached hydrogen (secondary N) is 2. The SMILES string of the molecule is CB(O)Nc1cc(OCc2ccccc2)c2[nH]ccc2c1I. The van der Waals surface area contributed by atoms with Crippen molar-refractivity contribution in [2.45, 2.75) is 13.4 Å². The molecule has 0 saturated heterocycles. The second-order valence-corrected chi connectivity index (χ2v) is 6.18. The molecule has 3 rings (SSSR count). The maximum atomic E-state index is 9.59. The van der Waals surface area contributed by atoms with E-state index in [1.165, 1.54) is 0 Å². The lowest BCUT2D eigenvalue weighted by molar-refractivity contribution is 0.309. The first-order chi connectivity index (χ1) is 10.6. The standard InChI is InChI=1S/C16H16BIN2O2/c1-17(21)20-13-9-14(16-12(15(13)18)7-8-19-16)22-10-11-5-3-2-4-6-11/h2-9,19-21H,10H2,1H3. The Kier molecular flexibility index (Phi) is 4.59. The van der Waals surface area contributed by atoms with E-state index in [-0.39, 0.29) is 0 Å². The molecule has 22 heavy (non-hydrogen) atoms. The van der Waals surface area contributed by atoms with E-state index in [2.05, 4.69) is 32.8 Å². The molecule has 1 aromatic heterocycles. The van der Waals surface area contributed by atoms with Crippen LogP contribution in [0.2, 0.25) is 6.82 Å². The van der Waals surface area contributed by atoms with Gasteiger partial charge in [0.1, 0.15) is 12.4 Å². The fraction of sp³-hybridized carbons (Fsp3) is 0.125. The highest BCUT2D eigenvalue weighted by Crippen LogP contribution is 2.35. The molecule has 0 bridgehead atoms. The largest absolute Gasteiger partial charge is 0.487 e. The summed E-state index contributed by atoms with van der Waals surface area (Å²) in [5, 5.41) is 13.7. The number of benzene rings is 2. The van der Waals surface area contributed by atoms with Crippen molar-refractivity contribution in [2.24, 2.45) is 0 Å². The van der Waals surface area contributed by atoms with Crippen LogP contribution >= 0.6 is 22.6 Å². The van der Waals surface area contributed by atoms with E-state index in [0.29, 0.717) is 6.61 Å². The van der Waals surface area contributed by atoms with Gasteiger partial charge in [-0.15, -0.1) is 0 Å². The van der Waals surface area contributed by atoms with Crippen molar-refractivity contribution in [2.75, 3.05) is 5.23 Å². The van der Waals surface area contributed by atoms with Crippen LogP contribution in [0.15, 0.2) is 48.7 Å². The van der Waals surface area contributed by atoms with Crippen molar-refractivity contribution in [1.82, 2.24) is 4.98 Å². The first-order valence-electron chi connectivity index (χ1n) is 7.06. The molecule has 0 amide bonds. The third-order valence-corrected chi connectivity index (χ3v) is 4.51. The van der Waals surface area contributed by atoms with Crippen molar-refractivity contribution in [3.8, 4) is 5.75 Å². The average molecular weight is 406 g/mol. The third-order valence-electron chi connectivity index (χ3n) is 3.34. The molecule has 112 valence electrons. The summed E-state index contributed by atoms with van der Waals surface area (Å²) in [6.45, 7) is 2.20. The average Bonchev–Trinajstić information content (AvgIpc) is 2.99. The Morgan fingerprint density at radius 3 is 2.77 bits per heavy atom. The number of halogens is 1. The molecule has 1 heterocycles. The van der Waals surface area contributed by atoms with Crippen LogP contribution in [-0.4, -0.2) is 17.1 Å². The summed E-state index contributed by atoms with van der Waals surface area (Å²) in [4.78, 5) is 3.23. The van der Waals surface area contributed by atoms with Gasteiger partial charge in [0.15, 0.2) is 0 Å². The molecule has 0 unspecified atom stereocenters. The first-order valence-corrected chi connectivity index (χ1v) is 8.14. The molecule has 0 saturated carbocycles. The van der Waals surface area contributed by atoms with Crippen molar-refractivity contribution in [3.05, 3.63) is 57.8 Å². The Balaban J connectivity index is 1.94. The van der Waals surface area contributed by atoms with E-state index in [1.54, 1.807) is 6.82 Å². The maximum absolute atomic E-state index is 9.59. The topological polar surface area (TPSA) is 57.3 Å². The summed E-state index contributed by atoms with van der Waals surface area (Å²) in [6, 6.07) is 14.0. The highest BCUT2D eigenvalue weighted by Gasteiger charge is 2.14. The molecule has 6 heteroatoms. The lowest BCUT2D eigenvalue weighted by Gasteiger charge is -2.14. The lowest BCUT2D eigenvalue weighted by Crippen LogP contribution is -2.20. The molecule has 0 aliphatic rings. The van der Waals surface area contributed by atoms with Crippen LogP contribution in [0.5, 0.6) is 5.75 Å². The van der Waals surface area contributed by atoms with E-state index >= 15 is 0 Å². The Morgan fingerprint density at radius 2 is 2.05 bits per heavy atom. The summed E-state index contributed by atoms with van der Waals surface area (Å²) in [5.41, 5.74) is 2.95. The van der Waals surface area contributed by atoms with E-state index in [9.17, 15) is 5.02 Å². The Morgan fingerprint density at radius 1 is 1.27 bits per heavy atom. The van der Waals surface area contributed by atoms with Crippen molar-refractivity contribution < 1.29 is 9.76 Å². The summed E-state index contributed by atoms with van der Waals surface area (Å²) in [5.74, 6) is 0.771. The van der Waals surface area contributed by atoms with Crippen LogP contribution in [0.4, 0.5) is 5.69 Å². The Bertz CT molecular complexity index is 774. The van der Waals surface area contributed by atoms with Gasteiger partial charge in [0.05, 0.1) is 5.52 Å². The van der Waals surface area contributed by atoms with Gasteiger partial charge in [-0.3, -0.25) is 0 Å². The fourth-order valence-corrected chi connectivity index (χ4v) is 3.11. The molecular formula is C16H16BIN2O2. The molecular weight excluding hydrogens is 390 g/mol. The summed E-state index contributed by atoms with van der Waals surface area (Å²) in [7, 11) is -0.619. The zero-order valence-electron chi connectivity index (χ0n) is 12.1. The molecule has 0 aliphatic carbocycles. The maximum Gasteiger partial charge on any atom is 0.406 e. The number of anilines is 1. The predicted octanol–water partition coefficient (Wildman–Crippen LogP) is 3.87. The number of aromatic amines is 1. The van der Waals surface area contributed by atoms with Gasteiger partial charge < -0.3 is 20.0 Å². The summed E-state index contributed by atoms with van der Waals surface area (Å²) >= 11 is 2.28. The van der Waals surface area contributed by atoms with Crippen molar-refractivity contribution >= 4 is 46.2 Å². The fourth-order valence-electron chi connectivity index (χ4n) is 2.35. The second kappa shape index (κ2) is 6.62. The summed E-state index contributed by atoms with van der Waals surface area (Å²) < 4.78 is 7.04. The Hall–Kier alpha value is -1.67. The normalized spacial score (nSPS) is 10.7. The predicted molar refractivity (Wildman–Crippen MR) is 99.2 cm³/mol. The van der Waals surface area contributed by atoms with Gasteiger partial charge in [0.2, 0.25) is 0 Å². The van der Waals surface area contributed by atoms with Crippen LogP contribution in [0, 0.1) is 3.57 Å². The van der Waals surface area contributed by atoms with E-state index in [4.69, 9.17) is 4.74 Å². The number of ether oxygens (including phenoxy) is 1. The molecule has 0 atom stereocenters. The van der Waals surface area contributed by atoms with Crippen LogP contribution in [0.25, 0.3) is 10.9 Å². The van der Waals surface area contributed by atoms with E-state index < -0.39 is 7.05 Å². The zero-order chi connectivity index (χ0) is 15.5. The van der Waals surface area contributed by atoms with Crippen molar-refractivity contribution in [1.29, 1.82) is 0 Å². The number of hydrogen-bond acceptors (Lipinski definition) is 3. The van der Waals surface area contributed by atoms with Gasteiger partial charge in [0.25, 0.3) is 0 Å². The monoisotopic (exact) mass is 406 g/mol. The van der Waals surface area contributed by atoms with Gasteiger partial charge in [-0.25, -0.2) is 0 Å². The zero-order valence-corrected chi connectivity index (χ0v) is 14.3. The smallest absolute Gasteiger partial charge is 0.406 e. The van der Waals surface area contributed by atoms with Crippen LogP contribution in [0.1, 0.15) is 5.56 Å².